The summed E-state index contributed by atoms with van der Waals surface area (Å²) >= 11 is 11.2. The number of halogens is 2. The van der Waals surface area contributed by atoms with Crippen LogP contribution in [-0.4, -0.2) is 20.0 Å². The Morgan fingerprint density at radius 2 is 2.15 bits per heavy atom. The zero-order chi connectivity index (χ0) is 14.8. The van der Waals surface area contributed by atoms with E-state index in [1.165, 1.54) is 23.9 Å². The minimum Gasteiger partial charge on any atom is -0.486 e. The molecule has 0 aliphatic carbocycles. The Hall–Kier alpha value is -1.34. The normalized spacial score (nSPS) is 12.7. The number of nitrogens with two attached hydrogens (primary N) is 1. The van der Waals surface area contributed by atoms with E-state index in [0.717, 1.165) is 0 Å². The number of benzene rings is 1. The second-order valence-corrected chi connectivity index (χ2v) is 6.08. The van der Waals surface area contributed by atoms with Crippen molar-refractivity contribution in [1.29, 1.82) is 0 Å². The molecule has 0 atom stereocenters. The largest absolute Gasteiger partial charge is 0.486 e. The highest BCUT2D eigenvalue weighted by Crippen LogP contribution is 2.29. The molecule has 0 aliphatic rings. The van der Waals surface area contributed by atoms with Crippen molar-refractivity contribution in [2.45, 2.75) is 4.90 Å². The van der Waals surface area contributed by atoms with Gasteiger partial charge in [0, 0.05) is 17.1 Å². The van der Waals surface area contributed by atoms with E-state index in [9.17, 15) is 8.42 Å². The van der Waals surface area contributed by atoms with Crippen molar-refractivity contribution in [1.82, 2.24) is 4.98 Å². The monoisotopic (exact) mass is 332 g/mol. The van der Waals surface area contributed by atoms with Gasteiger partial charge in [-0.2, -0.15) is 0 Å². The van der Waals surface area contributed by atoms with Gasteiger partial charge in [-0.1, -0.05) is 23.2 Å². The van der Waals surface area contributed by atoms with Crippen LogP contribution in [0.5, 0.6) is 5.75 Å². The summed E-state index contributed by atoms with van der Waals surface area (Å²) in [6.07, 6.45) is 1.53. The SMILES string of the molecule is NS(=O)(=O)c1ccc(OC/C(Cl)=C/Cl)c2ncccc12. The minimum absolute atomic E-state index is 0.00747. The molecule has 2 N–H and O–H groups in total. The third-order valence-corrected chi connectivity index (χ3v) is 4.05. The molecule has 1 heterocycles. The van der Waals surface area contributed by atoms with Gasteiger partial charge in [0.05, 0.1) is 9.93 Å². The second-order valence-electron chi connectivity index (χ2n) is 3.85. The van der Waals surface area contributed by atoms with Crippen LogP contribution in [-0.2, 0) is 10.0 Å². The van der Waals surface area contributed by atoms with Crippen LogP contribution < -0.4 is 9.88 Å². The van der Waals surface area contributed by atoms with Crippen LogP contribution in [0.3, 0.4) is 0 Å². The minimum atomic E-state index is -3.84. The zero-order valence-electron chi connectivity index (χ0n) is 10.1. The summed E-state index contributed by atoms with van der Waals surface area (Å²) in [5.41, 5.74) is 1.58. The topological polar surface area (TPSA) is 82.3 Å². The van der Waals surface area contributed by atoms with Crippen LogP contribution in [0.2, 0.25) is 0 Å². The van der Waals surface area contributed by atoms with E-state index in [1.807, 2.05) is 0 Å². The average Bonchev–Trinajstić information content (AvgIpc) is 2.43. The van der Waals surface area contributed by atoms with Gasteiger partial charge in [-0.25, -0.2) is 13.6 Å². The lowest BCUT2D eigenvalue weighted by atomic mass is 10.2. The third kappa shape index (κ3) is 3.21. The Morgan fingerprint density at radius 3 is 2.80 bits per heavy atom. The molecule has 0 fully saturated rings. The third-order valence-electron chi connectivity index (χ3n) is 2.48. The van der Waals surface area contributed by atoms with Gasteiger partial charge in [-0.3, -0.25) is 4.98 Å². The molecular formula is C12H10Cl2N2O3S. The molecule has 0 saturated heterocycles. The maximum atomic E-state index is 11.5. The fourth-order valence-corrected chi connectivity index (χ4v) is 2.51. The average molecular weight is 333 g/mol. The summed E-state index contributed by atoms with van der Waals surface area (Å²) in [7, 11) is -3.84. The van der Waals surface area contributed by atoms with E-state index in [2.05, 4.69) is 4.98 Å². The molecule has 0 unspecified atom stereocenters. The Balaban J connectivity index is 2.55. The summed E-state index contributed by atoms with van der Waals surface area (Å²) in [6, 6.07) is 6.07. The van der Waals surface area contributed by atoms with Crippen molar-refractivity contribution in [2.24, 2.45) is 5.14 Å². The van der Waals surface area contributed by atoms with Gasteiger partial charge < -0.3 is 4.74 Å². The first-order valence-corrected chi connectivity index (χ1v) is 7.77. The van der Waals surface area contributed by atoms with E-state index < -0.39 is 10.0 Å². The highest BCUT2D eigenvalue weighted by molar-refractivity contribution is 7.89. The second kappa shape index (κ2) is 5.97. The molecule has 0 bridgehead atoms. The number of nitrogens with zero attached hydrogens (tertiary/aromatic N) is 1. The fraction of sp³-hybridized carbons (Fsp3) is 0.0833. The summed E-state index contributed by atoms with van der Waals surface area (Å²) in [5.74, 6) is 0.393. The van der Waals surface area contributed by atoms with Gasteiger partial charge in [0.15, 0.2) is 0 Å². The predicted octanol–water partition coefficient (Wildman–Crippen LogP) is 2.58. The summed E-state index contributed by atoms with van der Waals surface area (Å²) in [6.45, 7) is 0.0610. The number of pyridine rings is 1. The molecule has 8 heteroatoms. The van der Waals surface area contributed by atoms with Gasteiger partial charge in [0.25, 0.3) is 0 Å². The van der Waals surface area contributed by atoms with Crippen molar-refractivity contribution in [3.8, 4) is 5.75 Å². The standard InChI is InChI=1S/C12H10Cl2N2O3S/c13-6-8(14)7-19-10-3-4-11(20(15,17)18)9-2-1-5-16-12(9)10/h1-6H,7H2,(H2,15,17,18)/b8-6-. The number of sulfonamides is 1. The van der Waals surface area contributed by atoms with E-state index in [4.69, 9.17) is 33.1 Å². The molecule has 2 aromatic rings. The molecule has 0 spiro atoms. The lowest BCUT2D eigenvalue weighted by molar-refractivity contribution is 0.363. The van der Waals surface area contributed by atoms with Crippen LogP contribution in [0.15, 0.2) is 45.9 Å². The first-order valence-electron chi connectivity index (χ1n) is 5.41. The molecule has 0 radical (unpaired) electrons. The van der Waals surface area contributed by atoms with Crippen molar-refractivity contribution in [3.05, 3.63) is 41.0 Å². The van der Waals surface area contributed by atoms with E-state index in [0.29, 0.717) is 21.7 Å². The number of hydrogen-bond acceptors (Lipinski definition) is 4. The number of rotatable bonds is 4. The van der Waals surface area contributed by atoms with E-state index >= 15 is 0 Å². The molecule has 0 amide bonds. The highest BCUT2D eigenvalue weighted by Gasteiger charge is 2.15. The first kappa shape index (κ1) is 15.1. The van der Waals surface area contributed by atoms with Gasteiger partial charge in [-0.15, -0.1) is 0 Å². The molecule has 0 aliphatic heterocycles. The van der Waals surface area contributed by atoms with Crippen molar-refractivity contribution < 1.29 is 13.2 Å². The quantitative estimate of drug-likeness (QED) is 0.932. The van der Waals surface area contributed by atoms with E-state index in [-0.39, 0.29) is 11.5 Å². The van der Waals surface area contributed by atoms with Gasteiger partial charge in [0.1, 0.15) is 17.9 Å². The molecule has 106 valence electrons. The number of ether oxygens (including phenoxy) is 1. The summed E-state index contributed by atoms with van der Waals surface area (Å²) in [5, 5.41) is 5.87. The summed E-state index contributed by atoms with van der Waals surface area (Å²) in [4.78, 5) is 4.11. The molecule has 2 rings (SSSR count). The van der Waals surface area contributed by atoms with Crippen molar-refractivity contribution >= 4 is 44.1 Å². The molecule has 20 heavy (non-hydrogen) atoms. The number of fused-ring (bicyclic) bond motifs is 1. The smallest absolute Gasteiger partial charge is 0.238 e. The lowest BCUT2D eigenvalue weighted by Gasteiger charge is -2.10. The first-order chi connectivity index (χ1) is 9.43. The Morgan fingerprint density at radius 1 is 1.40 bits per heavy atom. The van der Waals surface area contributed by atoms with Crippen LogP contribution in [0.25, 0.3) is 10.9 Å². The zero-order valence-corrected chi connectivity index (χ0v) is 12.4. The maximum absolute atomic E-state index is 11.5. The molecule has 1 aromatic heterocycles. The van der Waals surface area contributed by atoms with Crippen LogP contribution in [0.4, 0.5) is 0 Å². The molecule has 1 aromatic carbocycles. The van der Waals surface area contributed by atoms with Crippen LogP contribution in [0.1, 0.15) is 0 Å². The number of primary sulfonamides is 1. The number of aromatic nitrogens is 1. The van der Waals surface area contributed by atoms with Crippen molar-refractivity contribution in [3.63, 3.8) is 0 Å². The van der Waals surface area contributed by atoms with Gasteiger partial charge in [0.2, 0.25) is 10.0 Å². The van der Waals surface area contributed by atoms with Crippen molar-refractivity contribution in [2.75, 3.05) is 6.61 Å². The van der Waals surface area contributed by atoms with E-state index in [1.54, 1.807) is 12.1 Å². The molecule has 5 nitrogen and oxygen atoms in total. The molecule has 0 saturated carbocycles. The summed E-state index contributed by atoms with van der Waals surface area (Å²) < 4.78 is 28.5. The lowest BCUT2D eigenvalue weighted by Crippen LogP contribution is -2.13. The Kier molecular flexibility index (Phi) is 4.49. The fourth-order valence-electron chi connectivity index (χ4n) is 1.66. The highest BCUT2D eigenvalue weighted by atomic mass is 35.5. The Labute approximate surface area is 126 Å². The Bertz CT molecular complexity index is 775. The van der Waals surface area contributed by atoms with Gasteiger partial charge in [-0.05, 0) is 24.3 Å². The predicted molar refractivity (Wildman–Crippen MR) is 78.4 cm³/mol. The number of hydrogen-bond donors (Lipinski definition) is 1. The maximum Gasteiger partial charge on any atom is 0.238 e. The van der Waals surface area contributed by atoms with Gasteiger partial charge >= 0.3 is 0 Å². The molecular weight excluding hydrogens is 323 g/mol. The van der Waals surface area contributed by atoms with Crippen LogP contribution >= 0.6 is 23.2 Å². The van der Waals surface area contributed by atoms with Crippen LogP contribution in [0, 0.1) is 0 Å².